The number of fused-ring (bicyclic) bond motifs is 4. The lowest BCUT2D eigenvalue weighted by Crippen LogP contribution is -2.03. The smallest absolute Gasteiger partial charge is 0.248 e. The maximum atomic E-state index is 11.7. The zero-order chi connectivity index (χ0) is 16.8. The number of nitrogens with zero attached hydrogens (tertiary/aromatic N) is 2. The van der Waals surface area contributed by atoms with Gasteiger partial charge in [-0.1, -0.05) is 24.3 Å². The fourth-order valence-corrected chi connectivity index (χ4v) is 3.21. The molecule has 1 N–H and O–H groups in total. The molecule has 5 aromatic rings. The number of pyridine rings is 3. The summed E-state index contributed by atoms with van der Waals surface area (Å²) in [5.41, 5.74) is 4.61. The molecule has 3 aromatic heterocycles. The van der Waals surface area contributed by atoms with Crippen LogP contribution in [0.2, 0.25) is 0 Å². The van der Waals surface area contributed by atoms with Crippen molar-refractivity contribution in [2.24, 2.45) is 0 Å². The number of benzene rings is 2. The van der Waals surface area contributed by atoms with Gasteiger partial charge in [0.05, 0.1) is 16.6 Å². The molecule has 2 aromatic carbocycles. The average molecular weight is 323 g/mol. The van der Waals surface area contributed by atoms with Crippen LogP contribution in [0.3, 0.4) is 0 Å². The topological polar surface area (TPSA) is 58.6 Å². The Labute approximate surface area is 142 Å². The second kappa shape index (κ2) is 5.24. The molecule has 0 amide bonds. The number of para-hydroxylation sites is 1. The molecule has 3 heterocycles. The summed E-state index contributed by atoms with van der Waals surface area (Å²) in [6.45, 7) is 0. The number of aromatic nitrogens is 3. The summed E-state index contributed by atoms with van der Waals surface area (Å²) in [7, 11) is 0. The third-order valence-electron chi connectivity index (χ3n) is 4.48. The number of hydrogen-bond donors (Lipinski definition) is 1. The van der Waals surface area contributed by atoms with E-state index < -0.39 is 0 Å². The van der Waals surface area contributed by atoms with Gasteiger partial charge in [0.1, 0.15) is 0 Å². The second-order valence-corrected chi connectivity index (χ2v) is 6.06. The van der Waals surface area contributed by atoms with E-state index in [1.807, 2.05) is 36.5 Å². The van der Waals surface area contributed by atoms with Crippen molar-refractivity contribution in [2.75, 3.05) is 0 Å². The number of hydrogen-bond acceptors (Lipinski definition) is 3. The van der Waals surface area contributed by atoms with Gasteiger partial charge in [-0.3, -0.25) is 14.8 Å². The van der Waals surface area contributed by atoms with Crippen LogP contribution < -0.4 is 5.56 Å². The standard InChI is InChI=1S/C21H13N3O/c25-20-8-6-15-11-23-19-7-5-13(10-17(19)21(15)24-20)16-9-14-3-1-2-4-18(14)22-12-16/h1-12H,(H,24,25). The molecule has 0 spiro atoms. The maximum Gasteiger partial charge on any atom is 0.248 e. The van der Waals surface area contributed by atoms with Crippen molar-refractivity contribution < 1.29 is 0 Å². The molecule has 4 nitrogen and oxygen atoms in total. The van der Waals surface area contributed by atoms with E-state index in [9.17, 15) is 4.79 Å². The summed E-state index contributed by atoms with van der Waals surface area (Å²) in [6, 6.07) is 19.6. The zero-order valence-electron chi connectivity index (χ0n) is 13.2. The van der Waals surface area contributed by atoms with Gasteiger partial charge in [-0.25, -0.2) is 0 Å². The van der Waals surface area contributed by atoms with E-state index in [1.165, 1.54) is 6.07 Å². The second-order valence-electron chi connectivity index (χ2n) is 6.06. The summed E-state index contributed by atoms with van der Waals surface area (Å²) in [5.74, 6) is 0. The number of nitrogens with one attached hydrogen (secondary N) is 1. The molecule has 0 saturated heterocycles. The van der Waals surface area contributed by atoms with Crippen LogP contribution >= 0.6 is 0 Å². The van der Waals surface area contributed by atoms with Crippen molar-refractivity contribution >= 4 is 32.7 Å². The van der Waals surface area contributed by atoms with Crippen LogP contribution in [0.4, 0.5) is 0 Å². The van der Waals surface area contributed by atoms with Gasteiger partial charge >= 0.3 is 0 Å². The van der Waals surface area contributed by atoms with E-state index in [0.717, 1.165) is 43.8 Å². The maximum absolute atomic E-state index is 11.7. The molecule has 5 rings (SSSR count). The molecule has 0 fully saturated rings. The van der Waals surface area contributed by atoms with Gasteiger partial charge in [0, 0.05) is 40.2 Å². The Morgan fingerprint density at radius 1 is 0.720 bits per heavy atom. The largest absolute Gasteiger partial charge is 0.321 e. The summed E-state index contributed by atoms with van der Waals surface area (Å²) < 4.78 is 0. The average Bonchev–Trinajstić information content (AvgIpc) is 2.67. The van der Waals surface area contributed by atoms with Crippen LogP contribution in [0.15, 0.2) is 77.9 Å². The van der Waals surface area contributed by atoms with Gasteiger partial charge in [0.15, 0.2) is 0 Å². The van der Waals surface area contributed by atoms with Crippen LogP contribution in [0.5, 0.6) is 0 Å². The minimum absolute atomic E-state index is 0.113. The van der Waals surface area contributed by atoms with Gasteiger partial charge in [-0.15, -0.1) is 0 Å². The molecule has 0 aliphatic rings. The van der Waals surface area contributed by atoms with Gasteiger partial charge in [-0.2, -0.15) is 0 Å². The molecule has 0 saturated carbocycles. The molecule has 0 aliphatic carbocycles. The molecular formula is C21H13N3O. The first kappa shape index (κ1) is 13.9. The third-order valence-corrected chi connectivity index (χ3v) is 4.48. The van der Waals surface area contributed by atoms with Crippen LogP contribution in [-0.4, -0.2) is 15.0 Å². The first-order valence-corrected chi connectivity index (χ1v) is 8.05. The van der Waals surface area contributed by atoms with Crippen molar-refractivity contribution in [3.63, 3.8) is 0 Å². The summed E-state index contributed by atoms with van der Waals surface area (Å²) >= 11 is 0. The summed E-state index contributed by atoms with van der Waals surface area (Å²) in [6.07, 6.45) is 3.66. The van der Waals surface area contributed by atoms with Crippen LogP contribution in [-0.2, 0) is 0 Å². The highest BCUT2D eigenvalue weighted by Crippen LogP contribution is 2.28. The van der Waals surface area contributed by atoms with Crippen LogP contribution in [0, 0.1) is 0 Å². The van der Waals surface area contributed by atoms with Crippen LogP contribution in [0.1, 0.15) is 0 Å². The SMILES string of the molecule is O=c1ccc2cnc3ccc(-c4cnc5ccccc5c4)cc3c2[nH]1. The molecule has 0 atom stereocenters. The van der Waals surface area contributed by atoms with Crippen molar-refractivity contribution in [2.45, 2.75) is 0 Å². The Balaban J connectivity index is 1.79. The van der Waals surface area contributed by atoms with E-state index in [0.29, 0.717) is 0 Å². The zero-order valence-corrected chi connectivity index (χ0v) is 13.2. The first-order chi connectivity index (χ1) is 12.3. The Bertz CT molecular complexity index is 1320. The molecule has 118 valence electrons. The Kier molecular flexibility index (Phi) is 2.91. The fourth-order valence-electron chi connectivity index (χ4n) is 3.21. The summed E-state index contributed by atoms with van der Waals surface area (Å²) in [4.78, 5) is 23.7. The van der Waals surface area contributed by atoms with Crippen molar-refractivity contribution in [3.8, 4) is 11.1 Å². The Hall–Kier alpha value is -3.53. The number of H-pyrrole nitrogens is 1. The van der Waals surface area contributed by atoms with E-state index in [-0.39, 0.29) is 5.56 Å². The molecule has 25 heavy (non-hydrogen) atoms. The van der Waals surface area contributed by atoms with Gasteiger partial charge in [-0.05, 0) is 35.9 Å². The minimum Gasteiger partial charge on any atom is -0.321 e. The molecule has 0 radical (unpaired) electrons. The third kappa shape index (κ3) is 2.27. The van der Waals surface area contributed by atoms with E-state index >= 15 is 0 Å². The number of rotatable bonds is 1. The highest BCUT2D eigenvalue weighted by molar-refractivity contribution is 6.04. The Morgan fingerprint density at radius 2 is 1.60 bits per heavy atom. The van der Waals surface area contributed by atoms with Crippen molar-refractivity contribution in [1.29, 1.82) is 0 Å². The quantitative estimate of drug-likeness (QED) is 0.468. The molecular weight excluding hydrogens is 310 g/mol. The molecule has 0 aliphatic heterocycles. The highest BCUT2D eigenvalue weighted by Gasteiger charge is 2.06. The molecule has 0 unspecified atom stereocenters. The normalized spacial score (nSPS) is 11.4. The minimum atomic E-state index is -0.113. The number of aromatic amines is 1. The van der Waals surface area contributed by atoms with Gasteiger partial charge in [0.2, 0.25) is 5.56 Å². The molecule has 4 heteroatoms. The lowest BCUT2D eigenvalue weighted by molar-refractivity contribution is 1.30. The lowest BCUT2D eigenvalue weighted by Gasteiger charge is -2.07. The van der Waals surface area contributed by atoms with Gasteiger partial charge < -0.3 is 4.98 Å². The lowest BCUT2D eigenvalue weighted by atomic mass is 10.0. The van der Waals surface area contributed by atoms with E-state index in [1.54, 1.807) is 12.3 Å². The van der Waals surface area contributed by atoms with Crippen molar-refractivity contribution in [3.05, 3.63) is 83.4 Å². The predicted octanol–water partition coefficient (Wildman–Crippen LogP) is 4.29. The van der Waals surface area contributed by atoms with E-state index in [4.69, 9.17) is 0 Å². The van der Waals surface area contributed by atoms with E-state index in [2.05, 4.69) is 33.2 Å². The Morgan fingerprint density at radius 3 is 2.56 bits per heavy atom. The monoisotopic (exact) mass is 323 g/mol. The first-order valence-electron chi connectivity index (χ1n) is 8.05. The van der Waals surface area contributed by atoms with Gasteiger partial charge in [0.25, 0.3) is 0 Å². The van der Waals surface area contributed by atoms with Crippen LogP contribution in [0.25, 0.3) is 43.8 Å². The molecule has 0 bridgehead atoms. The van der Waals surface area contributed by atoms with Crippen molar-refractivity contribution in [1.82, 2.24) is 15.0 Å². The fraction of sp³-hybridized carbons (Fsp3) is 0. The predicted molar refractivity (Wildman–Crippen MR) is 101 cm³/mol. The highest BCUT2D eigenvalue weighted by atomic mass is 16.1. The summed E-state index contributed by atoms with van der Waals surface area (Å²) in [5, 5.41) is 2.95.